The molecule has 134 valence electrons. The van der Waals surface area contributed by atoms with Gasteiger partial charge in [-0.3, -0.25) is 14.9 Å². The van der Waals surface area contributed by atoms with E-state index in [-0.39, 0.29) is 12.5 Å². The molecular weight excluding hydrogens is 313 g/mol. The lowest BCUT2D eigenvalue weighted by Crippen LogP contribution is -2.50. The molecule has 2 N–H and O–H groups in total. The molecular formula is C17H26FN3O3. The van der Waals surface area contributed by atoms with Crippen LogP contribution in [0.15, 0.2) is 23.3 Å². The van der Waals surface area contributed by atoms with Crippen molar-refractivity contribution in [1.29, 1.82) is 0 Å². The second kappa shape index (κ2) is 7.72. The normalized spacial score (nSPS) is 12.7. The number of ether oxygens (including phenoxy) is 1. The van der Waals surface area contributed by atoms with Crippen molar-refractivity contribution >= 4 is 12.2 Å². The van der Waals surface area contributed by atoms with Gasteiger partial charge >= 0.3 is 5.97 Å². The maximum absolute atomic E-state index is 14.2. The maximum atomic E-state index is 14.2. The van der Waals surface area contributed by atoms with Crippen LogP contribution in [0.5, 0.6) is 0 Å². The first-order chi connectivity index (χ1) is 11.0. The highest BCUT2D eigenvalue weighted by Crippen LogP contribution is 2.22. The van der Waals surface area contributed by atoms with Crippen LogP contribution in [0.3, 0.4) is 0 Å². The Bertz CT molecular complexity index is 610. The molecule has 7 heteroatoms. The minimum Gasteiger partial charge on any atom is -0.459 e. The molecule has 0 atom stereocenters. The maximum Gasteiger partial charge on any atom is 0.326 e. The van der Waals surface area contributed by atoms with Crippen LogP contribution in [0.1, 0.15) is 45.7 Å². The molecule has 1 rings (SSSR count). The molecule has 0 saturated heterocycles. The molecule has 0 aliphatic rings. The predicted molar refractivity (Wildman–Crippen MR) is 90.3 cm³/mol. The Balaban J connectivity index is 2.88. The molecule has 0 saturated carbocycles. The molecule has 0 unspecified atom stereocenters. The zero-order valence-corrected chi connectivity index (χ0v) is 15.1. The van der Waals surface area contributed by atoms with Gasteiger partial charge in [0.15, 0.2) is 0 Å². The zero-order chi connectivity index (χ0) is 18.5. The number of carbonyl (C=O) groups is 1. The van der Waals surface area contributed by atoms with Gasteiger partial charge in [-0.1, -0.05) is 12.1 Å². The number of hydrazone groups is 1. The summed E-state index contributed by atoms with van der Waals surface area (Å²) in [6, 6.07) is 4.60. The van der Waals surface area contributed by atoms with Crippen LogP contribution < -0.4 is 5.59 Å². The van der Waals surface area contributed by atoms with E-state index in [1.807, 2.05) is 20.8 Å². The number of nitrogens with zero attached hydrogens (tertiary/aromatic N) is 2. The van der Waals surface area contributed by atoms with Crippen molar-refractivity contribution in [2.75, 3.05) is 7.05 Å². The third-order valence-electron chi connectivity index (χ3n) is 3.61. The highest BCUT2D eigenvalue weighted by atomic mass is 19.1. The Morgan fingerprint density at radius 1 is 1.38 bits per heavy atom. The van der Waals surface area contributed by atoms with Crippen molar-refractivity contribution in [3.05, 3.63) is 35.1 Å². The molecule has 0 bridgehead atoms. The Labute approximate surface area is 142 Å². The largest absolute Gasteiger partial charge is 0.459 e. The average molecular weight is 339 g/mol. The van der Waals surface area contributed by atoms with Gasteiger partial charge in [0.25, 0.3) is 0 Å². The quantitative estimate of drug-likeness (QED) is 0.473. The van der Waals surface area contributed by atoms with Gasteiger partial charge in [-0.15, -0.1) is 0 Å². The van der Waals surface area contributed by atoms with E-state index in [1.165, 1.54) is 12.3 Å². The number of benzene rings is 1. The van der Waals surface area contributed by atoms with Gasteiger partial charge in [0, 0.05) is 12.1 Å². The zero-order valence-electron chi connectivity index (χ0n) is 15.1. The fourth-order valence-electron chi connectivity index (χ4n) is 1.89. The summed E-state index contributed by atoms with van der Waals surface area (Å²) in [4.78, 5) is 14.1. The molecule has 0 aliphatic carbocycles. The number of halogens is 1. The van der Waals surface area contributed by atoms with Gasteiger partial charge in [-0.05, 0) is 53.3 Å². The van der Waals surface area contributed by atoms with Crippen LogP contribution in [0, 0.1) is 5.82 Å². The van der Waals surface area contributed by atoms with Crippen molar-refractivity contribution in [3.8, 4) is 0 Å². The van der Waals surface area contributed by atoms with E-state index in [0.717, 1.165) is 0 Å². The van der Waals surface area contributed by atoms with Crippen LogP contribution in [0.2, 0.25) is 0 Å². The number of esters is 1. The SMILES string of the molecule is CN(Cc1ccc(/C=N\NO)cc1F)C(C)(C)C(=O)OC(C)(C)C. The summed E-state index contributed by atoms with van der Waals surface area (Å²) in [5.41, 5.74) is 1.09. The van der Waals surface area contributed by atoms with Gasteiger partial charge < -0.3 is 4.74 Å². The van der Waals surface area contributed by atoms with Gasteiger partial charge in [0.2, 0.25) is 0 Å². The van der Waals surface area contributed by atoms with E-state index >= 15 is 0 Å². The average Bonchev–Trinajstić information content (AvgIpc) is 2.45. The molecule has 1 aromatic rings. The highest BCUT2D eigenvalue weighted by Gasteiger charge is 2.36. The van der Waals surface area contributed by atoms with Gasteiger partial charge in [-0.25, -0.2) is 4.39 Å². The Morgan fingerprint density at radius 2 is 2.00 bits per heavy atom. The lowest BCUT2D eigenvalue weighted by Gasteiger charge is -2.35. The lowest BCUT2D eigenvalue weighted by atomic mass is 10.0. The van der Waals surface area contributed by atoms with Crippen LogP contribution in [0.4, 0.5) is 4.39 Å². The Morgan fingerprint density at radius 3 is 2.50 bits per heavy atom. The van der Waals surface area contributed by atoms with E-state index in [2.05, 4.69) is 5.10 Å². The first-order valence-corrected chi connectivity index (χ1v) is 7.62. The predicted octanol–water partition coefficient (Wildman–Crippen LogP) is 2.69. The van der Waals surface area contributed by atoms with Crippen molar-refractivity contribution < 1.29 is 19.1 Å². The topological polar surface area (TPSA) is 74.2 Å². The molecule has 6 nitrogen and oxygen atoms in total. The third kappa shape index (κ3) is 5.58. The van der Waals surface area contributed by atoms with Gasteiger partial charge in [-0.2, -0.15) is 10.7 Å². The minimum absolute atomic E-state index is 0.244. The second-order valence-electron chi connectivity index (χ2n) is 7.13. The molecule has 0 aliphatic heterocycles. The number of rotatable bonds is 6. The van der Waals surface area contributed by atoms with Crippen molar-refractivity contribution in [3.63, 3.8) is 0 Å². The summed E-state index contributed by atoms with van der Waals surface area (Å²) in [7, 11) is 1.74. The number of hydrogen-bond donors (Lipinski definition) is 2. The molecule has 0 aromatic heterocycles. The van der Waals surface area contributed by atoms with Crippen molar-refractivity contribution in [2.24, 2.45) is 5.10 Å². The third-order valence-corrected chi connectivity index (χ3v) is 3.61. The second-order valence-corrected chi connectivity index (χ2v) is 7.13. The van der Waals surface area contributed by atoms with Crippen LogP contribution in [-0.4, -0.2) is 40.5 Å². The van der Waals surface area contributed by atoms with Crippen molar-refractivity contribution in [2.45, 2.75) is 52.3 Å². The van der Waals surface area contributed by atoms with Crippen LogP contribution in [0.25, 0.3) is 0 Å². The van der Waals surface area contributed by atoms with E-state index in [9.17, 15) is 9.18 Å². The molecule has 24 heavy (non-hydrogen) atoms. The fourth-order valence-corrected chi connectivity index (χ4v) is 1.89. The molecule has 0 amide bonds. The standard InChI is InChI=1S/C17H26FN3O3/c1-16(2,3)24-15(22)17(4,5)21(6)11-13-8-7-12(9-14(13)18)10-19-20-23/h7-10,20,23H,11H2,1-6H3/b19-10-. The van der Waals surface area contributed by atoms with Gasteiger partial charge in [0.05, 0.1) is 6.21 Å². The Kier molecular flexibility index (Phi) is 6.45. The Hall–Kier alpha value is -1.99. The summed E-state index contributed by atoms with van der Waals surface area (Å²) in [6.45, 7) is 9.15. The van der Waals surface area contributed by atoms with Crippen molar-refractivity contribution in [1.82, 2.24) is 10.5 Å². The fraction of sp³-hybridized carbons (Fsp3) is 0.529. The van der Waals surface area contributed by atoms with Crippen LogP contribution >= 0.6 is 0 Å². The summed E-state index contributed by atoms with van der Waals surface area (Å²) < 4.78 is 19.6. The first-order valence-electron chi connectivity index (χ1n) is 7.62. The first kappa shape index (κ1) is 20.1. The van der Waals surface area contributed by atoms with Gasteiger partial charge in [0.1, 0.15) is 17.0 Å². The summed E-state index contributed by atoms with van der Waals surface area (Å²) >= 11 is 0. The number of carbonyl (C=O) groups excluding carboxylic acids is 1. The summed E-state index contributed by atoms with van der Waals surface area (Å²) in [5, 5.41) is 11.8. The molecule has 0 spiro atoms. The van der Waals surface area contributed by atoms with Crippen LogP contribution in [-0.2, 0) is 16.1 Å². The smallest absolute Gasteiger partial charge is 0.326 e. The molecule has 0 radical (unpaired) electrons. The van der Waals surface area contributed by atoms with E-state index in [0.29, 0.717) is 11.1 Å². The monoisotopic (exact) mass is 339 g/mol. The minimum atomic E-state index is -0.902. The molecule has 1 aromatic carbocycles. The van der Waals surface area contributed by atoms with E-state index < -0.39 is 17.0 Å². The number of likely N-dealkylation sites (N-methyl/N-ethyl adjacent to an activating group) is 1. The lowest BCUT2D eigenvalue weighted by molar-refractivity contribution is -0.167. The summed E-state index contributed by atoms with van der Waals surface area (Å²) in [5.74, 6) is -0.778. The highest BCUT2D eigenvalue weighted by molar-refractivity contribution is 5.80. The van der Waals surface area contributed by atoms with E-state index in [4.69, 9.17) is 9.94 Å². The van der Waals surface area contributed by atoms with E-state index in [1.54, 1.807) is 43.5 Å². The number of hydrogen-bond acceptors (Lipinski definition) is 6. The summed E-state index contributed by atoms with van der Waals surface area (Å²) in [6.07, 6.45) is 1.29. The number of nitrogens with one attached hydrogen (secondary N) is 1. The molecule has 0 heterocycles. The molecule has 0 fully saturated rings.